The Labute approximate surface area is 208 Å². The van der Waals surface area contributed by atoms with Crippen molar-refractivity contribution in [2.45, 2.75) is 23.7 Å². The lowest BCUT2D eigenvalue weighted by Gasteiger charge is -2.30. The number of sulfonamides is 1. The van der Waals surface area contributed by atoms with Crippen LogP contribution in [0.2, 0.25) is 10.0 Å². The summed E-state index contributed by atoms with van der Waals surface area (Å²) in [5.41, 5.74) is -1.04. The molecule has 184 valence electrons. The number of carboxylic acids is 1. The molecule has 2 heterocycles. The Kier molecular flexibility index (Phi) is 6.82. The molecule has 1 aliphatic heterocycles. The van der Waals surface area contributed by atoms with Crippen LogP contribution in [0.3, 0.4) is 0 Å². The topological polar surface area (TPSA) is 144 Å². The third-order valence-corrected chi connectivity index (χ3v) is 8.33. The maximum atomic E-state index is 14.2. The first-order valence-electron chi connectivity index (χ1n) is 10.1. The van der Waals surface area contributed by atoms with Gasteiger partial charge >= 0.3 is 5.97 Å². The molecule has 10 nitrogen and oxygen atoms in total. The molecule has 0 saturated carbocycles. The van der Waals surface area contributed by atoms with Gasteiger partial charge in [0.15, 0.2) is 16.5 Å². The number of hydrogen-bond acceptors (Lipinski definition) is 7. The Hall–Kier alpha value is -3.06. The summed E-state index contributed by atoms with van der Waals surface area (Å²) in [5, 5.41) is 24.2. The van der Waals surface area contributed by atoms with Crippen molar-refractivity contribution in [1.29, 1.82) is 0 Å². The Morgan fingerprint density at radius 2 is 1.86 bits per heavy atom. The zero-order valence-corrected chi connectivity index (χ0v) is 20.0. The summed E-state index contributed by atoms with van der Waals surface area (Å²) in [6, 6.07) is 7.58. The van der Waals surface area contributed by atoms with Gasteiger partial charge in [0, 0.05) is 30.6 Å². The molecule has 0 bridgehead atoms. The Morgan fingerprint density at radius 1 is 1.20 bits per heavy atom. The zero-order chi connectivity index (χ0) is 25.5. The van der Waals surface area contributed by atoms with Crippen molar-refractivity contribution < 1.29 is 32.2 Å². The van der Waals surface area contributed by atoms with Crippen LogP contribution in [0.5, 0.6) is 0 Å². The molecule has 1 aliphatic rings. The number of hydrogen-bond donors (Lipinski definition) is 1. The lowest BCUT2D eigenvalue weighted by Crippen LogP contribution is -2.38. The van der Waals surface area contributed by atoms with E-state index in [1.165, 1.54) is 30.3 Å². The molecular formula is C21H16Cl2FN3O7S. The van der Waals surface area contributed by atoms with Crippen molar-refractivity contribution in [2.75, 3.05) is 13.1 Å². The van der Waals surface area contributed by atoms with Crippen LogP contribution >= 0.6 is 23.2 Å². The second-order valence-corrected chi connectivity index (χ2v) is 10.4. The maximum Gasteiger partial charge on any atom is 0.341 e. The number of aromatic carboxylic acids is 1. The molecule has 1 N–H and O–H groups in total. The van der Waals surface area contributed by atoms with E-state index in [0.717, 1.165) is 10.4 Å². The fraction of sp³-hybridized carbons (Fsp3) is 0.238. The second-order valence-electron chi connectivity index (χ2n) is 7.70. The van der Waals surface area contributed by atoms with Crippen LogP contribution in [0.1, 0.15) is 34.9 Å². The minimum Gasteiger partial charge on any atom is -0.477 e. The van der Waals surface area contributed by atoms with Gasteiger partial charge in [-0.3, -0.25) is 10.1 Å². The Bertz CT molecular complexity index is 1440. The van der Waals surface area contributed by atoms with E-state index in [9.17, 15) is 32.8 Å². The van der Waals surface area contributed by atoms with Gasteiger partial charge in [-0.1, -0.05) is 40.5 Å². The van der Waals surface area contributed by atoms with Crippen molar-refractivity contribution in [3.8, 4) is 11.3 Å². The number of aromatic nitrogens is 1. The largest absolute Gasteiger partial charge is 0.477 e. The summed E-state index contributed by atoms with van der Waals surface area (Å²) in [6.45, 7) is -0.0745. The number of nitrogens with zero attached hydrogens (tertiary/aromatic N) is 3. The highest BCUT2D eigenvalue weighted by atomic mass is 35.5. The average Bonchev–Trinajstić information content (AvgIpc) is 3.28. The van der Waals surface area contributed by atoms with Gasteiger partial charge in [-0.25, -0.2) is 17.6 Å². The number of nitro benzene ring substituents is 1. The summed E-state index contributed by atoms with van der Waals surface area (Å²) in [4.78, 5) is 22.2. The van der Waals surface area contributed by atoms with Crippen molar-refractivity contribution >= 4 is 44.9 Å². The lowest BCUT2D eigenvalue weighted by molar-refractivity contribution is -0.387. The number of carboxylic acid groups (broad SMARTS) is 1. The van der Waals surface area contributed by atoms with E-state index >= 15 is 0 Å². The first kappa shape index (κ1) is 25.0. The van der Waals surface area contributed by atoms with E-state index in [-0.39, 0.29) is 53.5 Å². The fourth-order valence-corrected chi connectivity index (χ4v) is 6.09. The fourth-order valence-electron chi connectivity index (χ4n) is 4.00. The minimum atomic E-state index is -4.16. The van der Waals surface area contributed by atoms with Gasteiger partial charge in [0.2, 0.25) is 10.0 Å². The molecule has 0 radical (unpaired) electrons. The molecule has 3 aromatic rings. The summed E-state index contributed by atoms with van der Waals surface area (Å²) >= 11 is 11.7. The number of rotatable bonds is 6. The summed E-state index contributed by atoms with van der Waals surface area (Å²) < 4.78 is 46.7. The van der Waals surface area contributed by atoms with E-state index in [1.54, 1.807) is 0 Å². The molecule has 0 unspecified atom stereocenters. The van der Waals surface area contributed by atoms with E-state index in [0.29, 0.717) is 0 Å². The molecule has 35 heavy (non-hydrogen) atoms. The molecule has 0 spiro atoms. The number of benzene rings is 2. The van der Waals surface area contributed by atoms with Crippen LogP contribution in [0.4, 0.5) is 10.1 Å². The molecule has 4 rings (SSSR count). The third kappa shape index (κ3) is 4.49. The number of halogens is 3. The van der Waals surface area contributed by atoms with Crippen molar-refractivity contribution in [2.24, 2.45) is 0 Å². The highest BCUT2D eigenvalue weighted by Gasteiger charge is 2.37. The lowest BCUT2D eigenvalue weighted by atomic mass is 9.91. The van der Waals surface area contributed by atoms with Crippen LogP contribution in [-0.4, -0.2) is 47.0 Å². The first-order chi connectivity index (χ1) is 16.5. The molecule has 0 atom stereocenters. The monoisotopic (exact) mass is 543 g/mol. The van der Waals surface area contributed by atoms with Crippen molar-refractivity contribution in [3.05, 3.63) is 73.7 Å². The molecule has 14 heteroatoms. The highest BCUT2D eigenvalue weighted by Crippen LogP contribution is 2.40. The van der Waals surface area contributed by atoms with Gasteiger partial charge in [0.25, 0.3) is 5.69 Å². The van der Waals surface area contributed by atoms with Gasteiger partial charge in [0.05, 0.1) is 15.0 Å². The Balaban J connectivity index is 1.62. The second kappa shape index (κ2) is 9.53. The molecule has 1 aromatic heterocycles. The van der Waals surface area contributed by atoms with Gasteiger partial charge in [-0.2, -0.15) is 4.31 Å². The molecule has 1 fully saturated rings. The molecule has 0 amide bonds. The predicted molar refractivity (Wildman–Crippen MR) is 123 cm³/mol. The standard InChI is InChI=1S/C21H16Cl2FN3O7S/c22-13-6-5-12(17(23)18(13)24)19-16(21(28)29)20(34-25-19)11-7-9-26(10-8-11)35(32,33)15-4-2-1-3-14(15)27(30)31/h1-6,11H,7-10H2,(H,28,29). The summed E-state index contributed by atoms with van der Waals surface area (Å²) in [5.74, 6) is -2.82. The molecule has 2 aromatic carbocycles. The van der Waals surface area contributed by atoms with Gasteiger partial charge in [-0.05, 0) is 31.0 Å². The van der Waals surface area contributed by atoms with E-state index < -0.39 is 48.3 Å². The Morgan fingerprint density at radius 3 is 2.49 bits per heavy atom. The number of piperidine rings is 1. The molecule has 1 saturated heterocycles. The van der Waals surface area contributed by atoms with E-state index in [1.807, 2.05) is 0 Å². The minimum absolute atomic E-state index is 0.00154. The number of nitro groups is 1. The van der Waals surface area contributed by atoms with E-state index in [2.05, 4.69) is 5.16 Å². The first-order valence-corrected chi connectivity index (χ1v) is 12.3. The number of para-hydroxylation sites is 1. The SMILES string of the molecule is O=C(O)c1c(-c2ccc(Cl)c(F)c2Cl)noc1C1CCN(S(=O)(=O)c2ccccc2[N+](=O)[O-])CC1. The highest BCUT2D eigenvalue weighted by molar-refractivity contribution is 7.89. The smallest absolute Gasteiger partial charge is 0.341 e. The van der Waals surface area contributed by atoms with Gasteiger partial charge in [0.1, 0.15) is 11.3 Å². The maximum absolute atomic E-state index is 14.2. The van der Waals surface area contributed by atoms with Crippen molar-refractivity contribution in [1.82, 2.24) is 9.46 Å². The van der Waals surface area contributed by atoms with E-state index in [4.69, 9.17) is 27.7 Å². The van der Waals surface area contributed by atoms with Crippen molar-refractivity contribution in [3.63, 3.8) is 0 Å². The summed E-state index contributed by atoms with van der Waals surface area (Å²) in [6.07, 6.45) is 0.328. The molecular weight excluding hydrogens is 528 g/mol. The summed E-state index contributed by atoms with van der Waals surface area (Å²) in [7, 11) is -4.16. The van der Waals surface area contributed by atoms with Crippen LogP contribution in [0, 0.1) is 15.9 Å². The molecule has 0 aliphatic carbocycles. The van der Waals surface area contributed by atoms with Crippen LogP contribution in [0.25, 0.3) is 11.3 Å². The number of carbonyl (C=O) groups is 1. The predicted octanol–water partition coefficient (Wildman–Crippen LogP) is 4.96. The van der Waals surface area contributed by atoms with Crippen LogP contribution in [0.15, 0.2) is 45.8 Å². The third-order valence-electron chi connectivity index (χ3n) is 5.73. The normalized spacial score (nSPS) is 15.3. The average molecular weight is 544 g/mol. The van der Waals surface area contributed by atoms with Gasteiger partial charge < -0.3 is 9.63 Å². The van der Waals surface area contributed by atoms with Gasteiger partial charge in [-0.15, -0.1) is 0 Å². The van der Waals surface area contributed by atoms with Crippen LogP contribution in [-0.2, 0) is 10.0 Å². The van der Waals surface area contributed by atoms with Crippen LogP contribution < -0.4 is 0 Å². The quantitative estimate of drug-likeness (QED) is 0.261. The zero-order valence-electron chi connectivity index (χ0n) is 17.7.